The van der Waals surface area contributed by atoms with E-state index in [1.54, 1.807) is 32.9 Å². The van der Waals surface area contributed by atoms with Gasteiger partial charge in [-0.3, -0.25) is 4.79 Å². The van der Waals surface area contributed by atoms with Crippen LogP contribution in [0.2, 0.25) is 0 Å². The molecule has 134 valence electrons. The van der Waals surface area contributed by atoms with Crippen molar-refractivity contribution in [1.29, 1.82) is 5.26 Å². The van der Waals surface area contributed by atoms with E-state index in [4.69, 9.17) is 10.00 Å². The highest BCUT2D eigenvalue weighted by molar-refractivity contribution is 6.06. The maximum Gasteiger partial charge on any atom is 0.407 e. The van der Waals surface area contributed by atoms with E-state index < -0.39 is 17.6 Å². The van der Waals surface area contributed by atoms with E-state index in [2.05, 4.69) is 16.0 Å². The van der Waals surface area contributed by atoms with Crippen LogP contribution in [0.5, 0.6) is 0 Å². The summed E-state index contributed by atoms with van der Waals surface area (Å²) in [5, 5.41) is 17.1. The lowest BCUT2D eigenvalue weighted by Crippen LogP contribution is -2.35. The number of benzene rings is 1. The van der Waals surface area contributed by atoms with Gasteiger partial charge in [0.25, 0.3) is 5.91 Å². The van der Waals surface area contributed by atoms with Gasteiger partial charge in [-0.05, 0) is 39.8 Å². The molecule has 0 saturated heterocycles. The lowest BCUT2D eigenvalue weighted by atomic mass is 10.2. The zero-order valence-corrected chi connectivity index (χ0v) is 15.0. The number of anilines is 1. The molecule has 3 N–H and O–H groups in total. The van der Waals surface area contributed by atoms with Gasteiger partial charge in [0, 0.05) is 25.0 Å². The summed E-state index contributed by atoms with van der Waals surface area (Å²) in [7, 11) is 0. The van der Waals surface area contributed by atoms with E-state index in [1.807, 2.05) is 25.1 Å². The molecule has 0 aliphatic rings. The summed E-state index contributed by atoms with van der Waals surface area (Å²) in [6, 6.07) is 9.10. The summed E-state index contributed by atoms with van der Waals surface area (Å²) in [5.74, 6) is -0.501. The standard InChI is InChI=1S/C18H24N4O3/c1-13-5-7-15(8-6-13)22-16(23)14(11-19)12-20-9-10-21-17(24)25-18(2,3)4/h5-8,12,20H,9-10H2,1-4H3,(H,21,24)(H,22,23)/b14-12-. The molecule has 1 rings (SSSR count). The number of carbonyl (C=O) groups is 2. The van der Waals surface area contributed by atoms with Crippen LogP contribution < -0.4 is 16.0 Å². The monoisotopic (exact) mass is 344 g/mol. The molecule has 0 fully saturated rings. The van der Waals surface area contributed by atoms with E-state index in [-0.39, 0.29) is 5.57 Å². The normalized spacial score (nSPS) is 11.2. The van der Waals surface area contributed by atoms with Crippen LogP contribution in [0.4, 0.5) is 10.5 Å². The van der Waals surface area contributed by atoms with Crippen LogP contribution in [0.15, 0.2) is 36.0 Å². The van der Waals surface area contributed by atoms with E-state index >= 15 is 0 Å². The van der Waals surface area contributed by atoms with Gasteiger partial charge in [-0.2, -0.15) is 5.26 Å². The Bertz CT molecular complexity index is 667. The molecule has 0 atom stereocenters. The second-order valence-electron chi connectivity index (χ2n) is 6.37. The van der Waals surface area contributed by atoms with Crippen LogP contribution in [-0.2, 0) is 9.53 Å². The minimum atomic E-state index is -0.556. The van der Waals surface area contributed by atoms with Crippen molar-refractivity contribution >= 4 is 17.7 Å². The lowest BCUT2D eigenvalue weighted by Gasteiger charge is -2.19. The Labute approximate surface area is 148 Å². The molecule has 7 heteroatoms. The van der Waals surface area contributed by atoms with Gasteiger partial charge in [0.1, 0.15) is 17.2 Å². The predicted octanol–water partition coefficient (Wildman–Crippen LogP) is 2.46. The highest BCUT2D eigenvalue weighted by Gasteiger charge is 2.15. The second-order valence-corrected chi connectivity index (χ2v) is 6.37. The maximum atomic E-state index is 12.0. The van der Waals surface area contributed by atoms with Crippen LogP contribution in [0.25, 0.3) is 0 Å². The largest absolute Gasteiger partial charge is 0.444 e. The Morgan fingerprint density at radius 1 is 1.20 bits per heavy atom. The van der Waals surface area contributed by atoms with Crippen molar-refractivity contribution in [1.82, 2.24) is 10.6 Å². The Balaban J connectivity index is 2.41. The number of rotatable bonds is 6. The maximum absolute atomic E-state index is 12.0. The Kier molecular flexibility index (Phi) is 7.47. The first kappa shape index (κ1) is 20.0. The van der Waals surface area contributed by atoms with Crippen molar-refractivity contribution < 1.29 is 14.3 Å². The number of amides is 2. The Morgan fingerprint density at radius 3 is 2.40 bits per heavy atom. The van der Waals surface area contributed by atoms with E-state index in [9.17, 15) is 9.59 Å². The fraction of sp³-hybridized carbons (Fsp3) is 0.389. The zero-order chi connectivity index (χ0) is 18.9. The van der Waals surface area contributed by atoms with Gasteiger partial charge in [-0.1, -0.05) is 17.7 Å². The van der Waals surface area contributed by atoms with Crippen LogP contribution in [-0.4, -0.2) is 30.7 Å². The van der Waals surface area contributed by atoms with Crippen LogP contribution in [0.3, 0.4) is 0 Å². The molecule has 0 aromatic heterocycles. The molecule has 25 heavy (non-hydrogen) atoms. The van der Waals surface area contributed by atoms with Crippen molar-refractivity contribution in [2.24, 2.45) is 0 Å². The van der Waals surface area contributed by atoms with E-state index in [0.717, 1.165) is 5.56 Å². The molecule has 1 aromatic rings. The molecule has 0 aliphatic carbocycles. The Hall–Kier alpha value is -3.01. The first-order valence-corrected chi connectivity index (χ1v) is 7.90. The highest BCUT2D eigenvalue weighted by Crippen LogP contribution is 2.09. The molecule has 0 spiro atoms. The second kappa shape index (κ2) is 9.33. The number of nitrogens with zero attached hydrogens (tertiary/aromatic N) is 1. The van der Waals surface area contributed by atoms with Crippen molar-refractivity contribution in [3.63, 3.8) is 0 Å². The molecule has 0 bridgehead atoms. The summed E-state index contributed by atoms with van der Waals surface area (Å²) in [4.78, 5) is 23.5. The number of nitriles is 1. The topological polar surface area (TPSA) is 103 Å². The number of alkyl carbamates (subject to hydrolysis) is 1. The van der Waals surface area contributed by atoms with Crippen LogP contribution in [0, 0.1) is 18.3 Å². The van der Waals surface area contributed by atoms with Gasteiger partial charge in [-0.25, -0.2) is 4.79 Å². The van der Waals surface area contributed by atoms with Crippen LogP contribution in [0.1, 0.15) is 26.3 Å². The first-order valence-electron chi connectivity index (χ1n) is 7.90. The number of aryl methyl sites for hydroxylation is 1. The third-order valence-electron chi connectivity index (χ3n) is 2.86. The molecule has 2 amide bonds. The van der Waals surface area contributed by atoms with Gasteiger partial charge >= 0.3 is 6.09 Å². The predicted molar refractivity (Wildman–Crippen MR) is 95.7 cm³/mol. The lowest BCUT2D eigenvalue weighted by molar-refractivity contribution is -0.112. The SMILES string of the molecule is Cc1ccc(NC(=O)/C(C#N)=C\NCCNC(=O)OC(C)(C)C)cc1. The van der Waals surface area contributed by atoms with Crippen molar-refractivity contribution in [2.75, 3.05) is 18.4 Å². The minimum absolute atomic E-state index is 0.0576. The quantitative estimate of drug-likeness (QED) is 0.418. The fourth-order valence-electron chi connectivity index (χ4n) is 1.71. The number of ether oxygens (including phenoxy) is 1. The summed E-state index contributed by atoms with van der Waals surface area (Å²) in [6.07, 6.45) is 0.802. The van der Waals surface area contributed by atoms with Gasteiger partial charge in [0.05, 0.1) is 0 Å². The molecule has 0 unspecified atom stereocenters. The zero-order valence-electron chi connectivity index (χ0n) is 15.0. The summed E-state index contributed by atoms with van der Waals surface area (Å²) in [6.45, 7) is 7.92. The molecule has 1 aromatic carbocycles. The number of hydrogen-bond acceptors (Lipinski definition) is 5. The molecular formula is C18H24N4O3. The van der Waals surface area contributed by atoms with Crippen molar-refractivity contribution in [3.05, 3.63) is 41.6 Å². The number of nitrogens with one attached hydrogen (secondary N) is 3. The van der Waals surface area contributed by atoms with Gasteiger partial charge in [-0.15, -0.1) is 0 Å². The van der Waals surface area contributed by atoms with Crippen molar-refractivity contribution in [3.8, 4) is 6.07 Å². The molecule has 0 radical (unpaired) electrons. The average Bonchev–Trinajstić information content (AvgIpc) is 2.51. The van der Waals surface area contributed by atoms with E-state index in [0.29, 0.717) is 18.8 Å². The first-order chi connectivity index (χ1) is 11.7. The van der Waals surface area contributed by atoms with E-state index in [1.165, 1.54) is 6.20 Å². The molecule has 0 heterocycles. The van der Waals surface area contributed by atoms with Gasteiger partial charge in [0.2, 0.25) is 0 Å². The molecule has 7 nitrogen and oxygen atoms in total. The van der Waals surface area contributed by atoms with Gasteiger partial charge < -0.3 is 20.7 Å². The highest BCUT2D eigenvalue weighted by atomic mass is 16.6. The summed E-state index contributed by atoms with van der Waals surface area (Å²) in [5.41, 5.74) is 1.08. The Morgan fingerprint density at radius 2 is 1.84 bits per heavy atom. The number of carbonyl (C=O) groups excluding carboxylic acids is 2. The van der Waals surface area contributed by atoms with Crippen molar-refractivity contribution in [2.45, 2.75) is 33.3 Å². The number of hydrogen-bond donors (Lipinski definition) is 3. The van der Waals surface area contributed by atoms with Gasteiger partial charge in [0.15, 0.2) is 0 Å². The summed E-state index contributed by atoms with van der Waals surface area (Å²) < 4.78 is 5.09. The molecular weight excluding hydrogens is 320 g/mol. The minimum Gasteiger partial charge on any atom is -0.444 e. The molecule has 0 saturated carbocycles. The third-order valence-corrected chi connectivity index (χ3v) is 2.86. The fourth-order valence-corrected chi connectivity index (χ4v) is 1.71. The summed E-state index contributed by atoms with van der Waals surface area (Å²) >= 11 is 0. The third kappa shape index (κ3) is 8.42. The average molecular weight is 344 g/mol. The smallest absolute Gasteiger partial charge is 0.407 e. The van der Waals surface area contributed by atoms with Crippen LogP contribution >= 0.6 is 0 Å². The molecule has 0 aliphatic heterocycles.